The van der Waals surface area contributed by atoms with Crippen LogP contribution in [0, 0.1) is 28.1 Å². The van der Waals surface area contributed by atoms with Gasteiger partial charge in [-0.3, -0.25) is 4.79 Å². The maximum absolute atomic E-state index is 12.3. The van der Waals surface area contributed by atoms with Crippen molar-refractivity contribution < 1.29 is 38.5 Å². The Morgan fingerprint density at radius 3 is 2.64 bits per heavy atom. The summed E-state index contributed by atoms with van der Waals surface area (Å²) in [6.07, 6.45) is -3.91. The molecule has 2 aliphatic carbocycles. The van der Waals surface area contributed by atoms with Crippen LogP contribution in [0.5, 0.6) is 0 Å². The van der Waals surface area contributed by atoms with E-state index in [1.54, 1.807) is 6.92 Å². The van der Waals surface area contributed by atoms with E-state index in [1.165, 1.54) is 0 Å². The van der Waals surface area contributed by atoms with Gasteiger partial charge in [-0.05, 0) is 24.7 Å². The van der Waals surface area contributed by atoms with E-state index in [0.717, 1.165) is 12.0 Å². The van der Waals surface area contributed by atoms with E-state index in [-0.39, 0.29) is 17.9 Å². The zero-order valence-electron chi connectivity index (χ0n) is 16.2. The van der Waals surface area contributed by atoms with Crippen molar-refractivity contribution in [3.63, 3.8) is 0 Å². The van der Waals surface area contributed by atoms with Gasteiger partial charge < -0.3 is 33.7 Å². The largest absolute Gasteiger partial charge is 0.456 e. The molecular formula is C19H26O8S. The number of esters is 1. The molecule has 6 fully saturated rings. The molecule has 156 valence electrons. The average molecular weight is 414 g/mol. The predicted molar refractivity (Wildman–Crippen MR) is 94.5 cm³/mol. The zero-order valence-corrected chi connectivity index (χ0v) is 17.1. The number of hydrogen-bond acceptors (Lipinski definition) is 9. The van der Waals surface area contributed by atoms with Gasteiger partial charge in [-0.2, -0.15) is 0 Å². The van der Waals surface area contributed by atoms with Gasteiger partial charge in [0.25, 0.3) is 0 Å². The highest BCUT2D eigenvalue weighted by Gasteiger charge is 3.00. The first-order valence-electron chi connectivity index (χ1n) is 9.94. The summed E-state index contributed by atoms with van der Waals surface area (Å²) < 4.78 is 24.0. The van der Waals surface area contributed by atoms with Crippen LogP contribution in [0.15, 0.2) is 0 Å². The van der Waals surface area contributed by atoms with Crippen LogP contribution in [0.3, 0.4) is 0 Å². The molecule has 3 N–H and O–H groups in total. The maximum Gasteiger partial charge on any atom is 0.312 e. The fourth-order valence-corrected chi connectivity index (χ4v) is 9.41. The van der Waals surface area contributed by atoms with Crippen molar-refractivity contribution in [1.82, 2.24) is 0 Å². The number of ether oxygens (including phenoxy) is 3. The van der Waals surface area contributed by atoms with Gasteiger partial charge >= 0.3 is 5.97 Å². The molecule has 0 amide bonds. The Hall–Kier alpha value is -0.420. The number of carbonyl (C=O) groups is 1. The average Bonchev–Trinajstić information content (AvgIpc) is 3.34. The lowest BCUT2D eigenvalue weighted by Crippen LogP contribution is -2.63. The van der Waals surface area contributed by atoms with Gasteiger partial charge in [0.2, 0.25) is 0 Å². The van der Waals surface area contributed by atoms with Crippen molar-refractivity contribution in [1.29, 1.82) is 0 Å². The normalized spacial score (nSPS) is 64.0. The minimum absolute atomic E-state index is 0.0849. The first kappa shape index (κ1) is 18.4. The second-order valence-electron chi connectivity index (χ2n) is 10.4. The summed E-state index contributed by atoms with van der Waals surface area (Å²) >= 11 is 0.980. The van der Waals surface area contributed by atoms with Gasteiger partial charge in [-0.15, -0.1) is 0 Å². The number of aliphatic hydroxyl groups excluding tert-OH is 2. The first-order valence-corrected chi connectivity index (χ1v) is 10.7. The van der Waals surface area contributed by atoms with E-state index >= 15 is 0 Å². The second-order valence-corrected chi connectivity index (χ2v) is 11.3. The van der Waals surface area contributed by atoms with Crippen LogP contribution in [0.4, 0.5) is 0 Å². The van der Waals surface area contributed by atoms with Gasteiger partial charge in [0.1, 0.15) is 6.10 Å². The van der Waals surface area contributed by atoms with Gasteiger partial charge in [0.05, 0.1) is 35.6 Å². The SMILES string of the molecule is C[C@@H]1C(=O)OC2[C@H](O)C34C5C[C@@H](C(C)(C)C)[C@]36C(OC[C@@H]6O)OC4(SO5)[C@]21O. The standard InChI is InChI=1S/C19H26O8S/c1-7-13(22)25-12-11(21)17-10-5-8(15(2,3)4)16(17)9(20)6-24-14(16)26-19(17,28-27-10)18(7,12)23/h7-12,14,20-21,23H,5-6H2,1-4H3/t7-,8+,9+,10?,11+,12?,14?,16+,17?,18-,19?/m1/s1. The Morgan fingerprint density at radius 1 is 1.25 bits per heavy atom. The van der Waals surface area contributed by atoms with Crippen LogP contribution < -0.4 is 0 Å². The number of rotatable bonds is 0. The van der Waals surface area contributed by atoms with Crippen LogP contribution >= 0.6 is 12.0 Å². The third-order valence-corrected chi connectivity index (χ3v) is 10.0. The fourth-order valence-electron chi connectivity index (χ4n) is 7.81. The highest BCUT2D eigenvalue weighted by Crippen LogP contribution is 2.87. The van der Waals surface area contributed by atoms with Crippen LogP contribution in [0.25, 0.3) is 0 Å². The first-order chi connectivity index (χ1) is 13.0. The van der Waals surface area contributed by atoms with Crippen LogP contribution in [0.2, 0.25) is 0 Å². The summed E-state index contributed by atoms with van der Waals surface area (Å²) in [6.45, 7) is 7.97. The summed E-state index contributed by atoms with van der Waals surface area (Å²) in [5, 5.41) is 34.9. The van der Waals surface area contributed by atoms with E-state index in [2.05, 4.69) is 20.8 Å². The summed E-state index contributed by atoms with van der Waals surface area (Å²) in [4.78, 5) is 10.9. The smallest absolute Gasteiger partial charge is 0.312 e. The topological polar surface area (TPSA) is 115 Å². The molecule has 6 aliphatic rings. The number of hydrogen-bond donors (Lipinski definition) is 3. The lowest BCUT2D eigenvalue weighted by atomic mass is 9.53. The lowest BCUT2D eigenvalue weighted by molar-refractivity contribution is -0.211. The molecule has 0 bridgehead atoms. The van der Waals surface area contributed by atoms with Crippen molar-refractivity contribution in [3.05, 3.63) is 0 Å². The fraction of sp³-hybridized carbons (Fsp3) is 0.947. The summed E-state index contributed by atoms with van der Waals surface area (Å²) in [6, 6.07) is 0. The van der Waals surface area contributed by atoms with Crippen LogP contribution in [-0.4, -0.2) is 69.1 Å². The molecule has 11 atom stereocenters. The molecule has 28 heavy (non-hydrogen) atoms. The minimum atomic E-state index is -1.78. The Kier molecular flexibility index (Phi) is 3.11. The number of carbonyl (C=O) groups excluding carboxylic acids is 1. The Labute approximate surface area is 167 Å². The Balaban J connectivity index is 1.67. The van der Waals surface area contributed by atoms with E-state index in [1.807, 2.05) is 0 Å². The van der Waals surface area contributed by atoms with E-state index in [4.69, 9.17) is 18.4 Å². The number of aliphatic hydroxyl groups is 3. The molecule has 0 radical (unpaired) electrons. The molecule has 0 aromatic heterocycles. The summed E-state index contributed by atoms with van der Waals surface area (Å²) in [7, 11) is 0. The van der Waals surface area contributed by atoms with Crippen molar-refractivity contribution in [2.75, 3.05) is 6.61 Å². The molecule has 2 saturated carbocycles. The van der Waals surface area contributed by atoms with Crippen LogP contribution in [0.1, 0.15) is 34.1 Å². The molecule has 5 unspecified atom stereocenters. The number of fused-ring (bicyclic) bond motifs is 1. The quantitative estimate of drug-likeness (QED) is 0.377. The minimum Gasteiger partial charge on any atom is -0.456 e. The molecule has 2 spiro atoms. The van der Waals surface area contributed by atoms with E-state index < -0.39 is 64.0 Å². The van der Waals surface area contributed by atoms with Gasteiger partial charge in [0, 0.05) is 12.0 Å². The Bertz CT molecular complexity index is 784. The van der Waals surface area contributed by atoms with Crippen LogP contribution in [-0.2, 0) is 23.2 Å². The molecule has 4 aliphatic heterocycles. The molecular weight excluding hydrogens is 388 g/mol. The van der Waals surface area contributed by atoms with E-state index in [9.17, 15) is 20.1 Å². The third kappa shape index (κ3) is 1.36. The summed E-state index contributed by atoms with van der Waals surface area (Å²) in [5.74, 6) is -1.55. The van der Waals surface area contributed by atoms with Gasteiger partial charge in [-0.25, -0.2) is 0 Å². The second kappa shape index (κ2) is 4.74. The Morgan fingerprint density at radius 2 is 1.96 bits per heavy atom. The van der Waals surface area contributed by atoms with Gasteiger partial charge in [0.15, 0.2) is 22.9 Å². The highest BCUT2D eigenvalue weighted by molar-refractivity contribution is 7.96. The molecule has 0 aromatic rings. The molecule has 9 heteroatoms. The molecule has 4 saturated heterocycles. The third-order valence-electron chi connectivity index (χ3n) is 8.71. The lowest BCUT2D eigenvalue weighted by Gasteiger charge is -2.49. The zero-order chi connectivity index (χ0) is 20.1. The monoisotopic (exact) mass is 414 g/mol. The molecule has 0 aromatic carbocycles. The molecule has 8 nitrogen and oxygen atoms in total. The maximum atomic E-state index is 12.3. The predicted octanol–water partition coefficient (Wildman–Crippen LogP) is 0.183. The molecule has 4 heterocycles. The van der Waals surface area contributed by atoms with Crippen molar-refractivity contribution in [2.24, 2.45) is 28.1 Å². The van der Waals surface area contributed by atoms with Crippen molar-refractivity contribution in [2.45, 2.75) is 75.4 Å². The summed E-state index contributed by atoms with van der Waals surface area (Å²) in [5.41, 5.74) is -4.12. The van der Waals surface area contributed by atoms with E-state index in [0.29, 0.717) is 6.42 Å². The van der Waals surface area contributed by atoms with Crippen molar-refractivity contribution in [3.8, 4) is 0 Å². The highest BCUT2D eigenvalue weighted by atomic mass is 32.2. The van der Waals surface area contributed by atoms with Crippen molar-refractivity contribution >= 4 is 18.0 Å². The molecule has 6 rings (SSSR count). The van der Waals surface area contributed by atoms with Gasteiger partial charge in [-0.1, -0.05) is 20.8 Å².